The molecule has 0 aliphatic carbocycles. The van der Waals surface area contributed by atoms with Crippen molar-refractivity contribution in [1.82, 2.24) is 10.6 Å². The fourth-order valence-electron chi connectivity index (χ4n) is 3.24. The van der Waals surface area contributed by atoms with Crippen molar-refractivity contribution >= 4 is 41.5 Å². The van der Waals surface area contributed by atoms with E-state index in [0.29, 0.717) is 18.9 Å². The van der Waals surface area contributed by atoms with Gasteiger partial charge in [0.1, 0.15) is 5.75 Å². The molecule has 2 saturated heterocycles. The highest BCUT2D eigenvalue weighted by molar-refractivity contribution is 14.0. The Morgan fingerprint density at radius 2 is 2.31 bits per heavy atom. The van der Waals surface area contributed by atoms with Gasteiger partial charge in [0.2, 0.25) is 5.91 Å². The van der Waals surface area contributed by atoms with E-state index in [1.807, 2.05) is 24.3 Å². The maximum absolute atomic E-state index is 12.4. The molecule has 2 unspecified atom stereocenters. The molecule has 2 N–H and O–H groups in total. The number of nitrogens with one attached hydrogen (secondary N) is 2. The van der Waals surface area contributed by atoms with Gasteiger partial charge in [0.05, 0.1) is 19.3 Å². The first-order chi connectivity index (χ1) is 12.2. The smallest absolute Gasteiger partial charge is 0.229 e. The number of benzene rings is 1. The molecule has 2 heterocycles. The molecular formula is C18H27IN4O3. The number of aliphatic imine (C=N–C) groups is 1. The third-order valence-electron chi connectivity index (χ3n) is 4.58. The first-order valence-electron chi connectivity index (χ1n) is 8.73. The molecule has 0 saturated carbocycles. The Kier molecular flexibility index (Phi) is 7.95. The van der Waals surface area contributed by atoms with E-state index in [1.165, 1.54) is 0 Å². The van der Waals surface area contributed by atoms with Crippen LogP contribution in [0, 0.1) is 0 Å². The van der Waals surface area contributed by atoms with Gasteiger partial charge >= 0.3 is 0 Å². The molecule has 2 atom stereocenters. The molecule has 2 fully saturated rings. The lowest BCUT2D eigenvalue weighted by atomic mass is 10.2. The summed E-state index contributed by atoms with van der Waals surface area (Å²) in [6.07, 6.45) is 2.88. The Morgan fingerprint density at radius 3 is 3.00 bits per heavy atom. The predicted octanol–water partition coefficient (Wildman–Crippen LogP) is 1.76. The van der Waals surface area contributed by atoms with E-state index < -0.39 is 0 Å². The first kappa shape index (κ1) is 20.8. The molecule has 0 spiro atoms. The average molecular weight is 474 g/mol. The number of guanidine groups is 1. The second-order valence-electron chi connectivity index (χ2n) is 6.34. The van der Waals surface area contributed by atoms with Crippen molar-refractivity contribution in [3.8, 4) is 5.75 Å². The van der Waals surface area contributed by atoms with Crippen LogP contribution in [0.3, 0.4) is 0 Å². The minimum atomic E-state index is 0. The predicted molar refractivity (Wildman–Crippen MR) is 113 cm³/mol. The number of hydrogen-bond donors (Lipinski definition) is 2. The Balaban J connectivity index is 0.00000243. The summed E-state index contributed by atoms with van der Waals surface area (Å²) in [6, 6.07) is 7.59. The fourth-order valence-corrected chi connectivity index (χ4v) is 3.24. The zero-order chi connectivity index (χ0) is 17.6. The molecular weight excluding hydrogens is 447 g/mol. The summed E-state index contributed by atoms with van der Waals surface area (Å²) in [5.41, 5.74) is 0.857. The third-order valence-corrected chi connectivity index (χ3v) is 4.58. The van der Waals surface area contributed by atoms with Gasteiger partial charge in [0.25, 0.3) is 0 Å². The standard InChI is InChI=1S/C18H26N4O3.HI/c1-19-18(20-11-16-7-4-8-25-16)21-13-9-17(23)22(12-13)14-5-3-6-15(10-14)24-2;/h3,5-6,10,13,16H,4,7-9,11-12H2,1-2H3,(H2,19,20,21);1H. The summed E-state index contributed by atoms with van der Waals surface area (Å²) < 4.78 is 10.9. The molecule has 3 rings (SSSR count). The lowest BCUT2D eigenvalue weighted by Crippen LogP contribution is -2.46. The number of methoxy groups -OCH3 is 1. The highest BCUT2D eigenvalue weighted by atomic mass is 127. The van der Waals surface area contributed by atoms with Crippen LogP contribution in [0.25, 0.3) is 0 Å². The van der Waals surface area contributed by atoms with Crippen molar-refractivity contribution in [2.45, 2.75) is 31.4 Å². The number of nitrogens with zero attached hydrogens (tertiary/aromatic N) is 2. The maximum Gasteiger partial charge on any atom is 0.229 e. The van der Waals surface area contributed by atoms with Crippen molar-refractivity contribution in [3.63, 3.8) is 0 Å². The van der Waals surface area contributed by atoms with Crippen LogP contribution in [0.1, 0.15) is 19.3 Å². The third kappa shape index (κ3) is 5.23. The van der Waals surface area contributed by atoms with Crippen molar-refractivity contribution in [2.75, 3.05) is 38.8 Å². The number of amides is 1. The van der Waals surface area contributed by atoms with Crippen LogP contribution < -0.4 is 20.3 Å². The number of carbonyl (C=O) groups is 1. The number of rotatable bonds is 5. The molecule has 2 aliphatic heterocycles. The van der Waals surface area contributed by atoms with Gasteiger partial charge in [-0.25, -0.2) is 0 Å². The van der Waals surface area contributed by atoms with Gasteiger partial charge in [-0.3, -0.25) is 9.79 Å². The molecule has 8 heteroatoms. The summed E-state index contributed by atoms with van der Waals surface area (Å²) in [7, 11) is 3.36. The molecule has 144 valence electrons. The largest absolute Gasteiger partial charge is 0.497 e. The van der Waals surface area contributed by atoms with Crippen LogP contribution in [-0.2, 0) is 9.53 Å². The van der Waals surface area contributed by atoms with E-state index in [2.05, 4.69) is 15.6 Å². The second kappa shape index (κ2) is 9.96. The first-order valence-corrected chi connectivity index (χ1v) is 8.73. The molecule has 1 amide bonds. The van der Waals surface area contributed by atoms with Crippen LogP contribution in [0.4, 0.5) is 5.69 Å². The van der Waals surface area contributed by atoms with Crippen LogP contribution in [0.2, 0.25) is 0 Å². The summed E-state index contributed by atoms with van der Waals surface area (Å²) in [5.74, 6) is 1.55. The Morgan fingerprint density at radius 1 is 1.46 bits per heavy atom. The molecule has 26 heavy (non-hydrogen) atoms. The molecule has 7 nitrogen and oxygen atoms in total. The molecule has 1 aromatic rings. The summed E-state index contributed by atoms with van der Waals surface area (Å²) in [6.45, 7) is 2.18. The normalized spacial score (nSPS) is 22.9. The van der Waals surface area contributed by atoms with Gasteiger partial charge in [-0.2, -0.15) is 0 Å². The van der Waals surface area contributed by atoms with Crippen molar-refractivity contribution in [2.24, 2.45) is 4.99 Å². The van der Waals surface area contributed by atoms with Gasteiger partial charge in [-0.15, -0.1) is 24.0 Å². The van der Waals surface area contributed by atoms with E-state index in [1.54, 1.807) is 19.1 Å². The van der Waals surface area contributed by atoms with E-state index in [-0.39, 0.29) is 42.0 Å². The maximum atomic E-state index is 12.4. The lowest BCUT2D eigenvalue weighted by molar-refractivity contribution is -0.117. The quantitative estimate of drug-likeness (QED) is 0.387. The fraction of sp³-hybridized carbons (Fsp3) is 0.556. The zero-order valence-electron chi connectivity index (χ0n) is 15.2. The summed E-state index contributed by atoms with van der Waals surface area (Å²) in [4.78, 5) is 18.4. The molecule has 2 aliphatic rings. The Bertz CT molecular complexity index is 635. The SMILES string of the molecule is CN=C(NCC1CCCO1)NC1CC(=O)N(c2cccc(OC)c2)C1.I. The number of carbonyl (C=O) groups excluding carboxylic acids is 1. The number of anilines is 1. The molecule has 1 aromatic carbocycles. The van der Waals surface area contributed by atoms with E-state index >= 15 is 0 Å². The molecule has 0 bridgehead atoms. The minimum Gasteiger partial charge on any atom is -0.497 e. The zero-order valence-corrected chi connectivity index (χ0v) is 17.6. The summed E-state index contributed by atoms with van der Waals surface area (Å²) >= 11 is 0. The Labute approximate surface area is 171 Å². The van der Waals surface area contributed by atoms with E-state index in [9.17, 15) is 4.79 Å². The van der Waals surface area contributed by atoms with Gasteiger partial charge in [-0.1, -0.05) is 6.07 Å². The van der Waals surface area contributed by atoms with Gasteiger partial charge in [0, 0.05) is 44.9 Å². The molecule has 0 aromatic heterocycles. The van der Waals surface area contributed by atoms with Crippen molar-refractivity contribution < 1.29 is 14.3 Å². The van der Waals surface area contributed by atoms with Crippen molar-refractivity contribution in [3.05, 3.63) is 24.3 Å². The van der Waals surface area contributed by atoms with Crippen LogP contribution in [0.5, 0.6) is 5.75 Å². The van der Waals surface area contributed by atoms with Crippen molar-refractivity contribution in [1.29, 1.82) is 0 Å². The van der Waals surface area contributed by atoms with Gasteiger partial charge in [0.15, 0.2) is 5.96 Å². The second-order valence-corrected chi connectivity index (χ2v) is 6.34. The monoisotopic (exact) mass is 474 g/mol. The topological polar surface area (TPSA) is 75.2 Å². The van der Waals surface area contributed by atoms with E-state index in [4.69, 9.17) is 9.47 Å². The highest BCUT2D eigenvalue weighted by Gasteiger charge is 2.31. The summed E-state index contributed by atoms with van der Waals surface area (Å²) in [5, 5.41) is 6.63. The van der Waals surface area contributed by atoms with Crippen LogP contribution in [0.15, 0.2) is 29.3 Å². The number of hydrogen-bond acceptors (Lipinski definition) is 4. The average Bonchev–Trinajstić information content (AvgIpc) is 3.28. The Hall–Kier alpha value is -1.55. The van der Waals surface area contributed by atoms with E-state index in [0.717, 1.165) is 37.4 Å². The number of ether oxygens (including phenoxy) is 2. The minimum absolute atomic E-state index is 0. The van der Waals surface area contributed by atoms with Gasteiger partial charge < -0.3 is 25.0 Å². The van der Waals surface area contributed by atoms with Crippen LogP contribution >= 0.6 is 24.0 Å². The number of halogens is 1. The highest BCUT2D eigenvalue weighted by Crippen LogP contribution is 2.25. The van der Waals surface area contributed by atoms with Gasteiger partial charge in [-0.05, 0) is 25.0 Å². The molecule has 0 radical (unpaired) electrons. The van der Waals surface area contributed by atoms with Crippen LogP contribution in [-0.4, -0.2) is 57.9 Å². The lowest BCUT2D eigenvalue weighted by Gasteiger charge is -2.20.